The monoisotopic (exact) mass is 612 g/mol. The van der Waals surface area contributed by atoms with Gasteiger partial charge in [0, 0.05) is 18.4 Å². The maximum Gasteiger partial charge on any atom is 0.573 e. The number of fused-ring (bicyclic) bond motifs is 1. The Hall–Kier alpha value is -3.48. The number of alkyl halides is 3. The molecule has 0 radical (unpaired) electrons. The predicted octanol–water partition coefficient (Wildman–Crippen LogP) is 7.01. The van der Waals surface area contributed by atoms with Crippen LogP contribution < -0.4 is 15.6 Å². The summed E-state index contributed by atoms with van der Waals surface area (Å²) in [6.45, 7) is 3.61. The van der Waals surface area contributed by atoms with Crippen LogP contribution in [0.4, 0.5) is 18.9 Å². The number of aromatic carboxylic acids is 1. The van der Waals surface area contributed by atoms with Crippen LogP contribution in [0, 0.1) is 6.92 Å². The van der Waals surface area contributed by atoms with Crippen LogP contribution in [0.5, 0.6) is 5.75 Å². The van der Waals surface area contributed by atoms with Crippen LogP contribution in [0.15, 0.2) is 52.4 Å². The number of thioether (sulfide) groups is 1. The standard InChI is InChI=1S/C26H21Cl2F3N4O4S/c1-12-8-15(13(2)32-18-6-7-20(28)33-22(18)24(37)38)21-16(9-12)23(36)35(3)25(34-21)40-11-14-4-5-17(27)19(10-14)39-26(29,30)31/h4-10,13,32H,11H2,1-3H3,(H,37,38)/t13-/m1/s1. The number of benzene rings is 2. The third-order valence-corrected chi connectivity index (χ3v) is 7.43. The zero-order valence-corrected chi connectivity index (χ0v) is 23.5. The highest BCUT2D eigenvalue weighted by molar-refractivity contribution is 7.98. The van der Waals surface area contributed by atoms with Gasteiger partial charge >= 0.3 is 12.3 Å². The Bertz CT molecular complexity index is 1680. The van der Waals surface area contributed by atoms with Crippen molar-refractivity contribution in [3.8, 4) is 5.75 Å². The van der Waals surface area contributed by atoms with Gasteiger partial charge in [-0.25, -0.2) is 14.8 Å². The second-order valence-electron chi connectivity index (χ2n) is 8.81. The molecule has 0 saturated carbocycles. The van der Waals surface area contributed by atoms with Crippen LogP contribution in [0.25, 0.3) is 10.9 Å². The van der Waals surface area contributed by atoms with Gasteiger partial charge in [0.25, 0.3) is 5.56 Å². The first-order chi connectivity index (χ1) is 18.7. The van der Waals surface area contributed by atoms with Gasteiger partial charge in [-0.05, 0) is 55.3 Å². The first kappa shape index (κ1) is 29.5. The maximum absolute atomic E-state index is 13.3. The average Bonchev–Trinajstić information content (AvgIpc) is 2.87. The number of hydrogen-bond donors (Lipinski definition) is 2. The van der Waals surface area contributed by atoms with E-state index in [4.69, 9.17) is 28.2 Å². The van der Waals surface area contributed by atoms with Crippen LogP contribution in [0.1, 0.15) is 40.1 Å². The van der Waals surface area contributed by atoms with Gasteiger partial charge in [-0.15, -0.1) is 13.2 Å². The summed E-state index contributed by atoms with van der Waals surface area (Å²) in [6.07, 6.45) is -4.90. The summed E-state index contributed by atoms with van der Waals surface area (Å²) in [7, 11) is 1.55. The van der Waals surface area contributed by atoms with Crippen molar-refractivity contribution in [2.24, 2.45) is 7.05 Å². The number of pyridine rings is 1. The SMILES string of the molecule is Cc1cc([C@@H](C)Nc2ccc(Cl)nc2C(=O)O)c2nc(SCc3ccc(Cl)c(OC(F)(F)F)c3)n(C)c(=O)c2c1. The molecule has 0 spiro atoms. The van der Waals surface area contributed by atoms with Crippen molar-refractivity contribution in [2.75, 3.05) is 5.32 Å². The molecular weight excluding hydrogens is 592 g/mol. The fourth-order valence-corrected chi connectivity index (χ4v) is 5.22. The number of nitrogens with zero attached hydrogens (tertiary/aromatic N) is 3. The van der Waals surface area contributed by atoms with Crippen molar-refractivity contribution < 1.29 is 27.8 Å². The van der Waals surface area contributed by atoms with E-state index >= 15 is 0 Å². The molecule has 0 aliphatic rings. The number of ether oxygens (including phenoxy) is 1. The Kier molecular flexibility index (Phi) is 8.52. The highest BCUT2D eigenvalue weighted by atomic mass is 35.5. The third-order valence-electron chi connectivity index (χ3n) is 5.80. The highest BCUT2D eigenvalue weighted by Crippen LogP contribution is 2.34. The number of carbonyl (C=O) groups is 1. The number of hydrogen-bond acceptors (Lipinski definition) is 7. The van der Waals surface area contributed by atoms with Crippen molar-refractivity contribution in [1.82, 2.24) is 14.5 Å². The van der Waals surface area contributed by atoms with Crippen molar-refractivity contribution >= 4 is 57.5 Å². The molecule has 40 heavy (non-hydrogen) atoms. The molecule has 210 valence electrons. The minimum absolute atomic E-state index is 0.0289. The zero-order chi connectivity index (χ0) is 29.4. The smallest absolute Gasteiger partial charge is 0.476 e. The number of nitrogens with one attached hydrogen (secondary N) is 1. The highest BCUT2D eigenvalue weighted by Gasteiger charge is 2.32. The number of anilines is 1. The lowest BCUT2D eigenvalue weighted by molar-refractivity contribution is -0.274. The molecule has 14 heteroatoms. The van der Waals surface area contributed by atoms with E-state index in [-0.39, 0.29) is 32.9 Å². The van der Waals surface area contributed by atoms with Gasteiger partial charge in [0.1, 0.15) is 10.9 Å². The van der Waals surface area contributed by atoms with Gasteiger partial charge in [-0.3, -0.25) is 9.36 Å². The molecule has 0 fully saturated rings. The molecule has 8 nitrogen and oxygen atoms in total. The van der Waals surface area contributed by atoms with Crippen LogP contribution in [0.2, 0.25) is 10.2 Å². The molecule has 2 aromatic carbocycles. The summed E-state index contributed by atoms with van der Waals surface area (Å²) >= 11 is 12.9. The van der Waals surface area contributed by atoms with Crippen LogP contribution >= 0.6 is 35.0 Å². The Balaban J connectivity index is 1.70. The number of aromatic nitrogens is 3. The minimum atomic E-state index is -4.90. The molecule has 0 saturated heterocycles. The molecule has 0 aliphatic heterocycles. The molecular formula is C26H21Cl2F3N4O4S. The Labute approximate surface area is 240 Å². The summed E-state index contributed by atoms with van der Waals surface area (Å²) in [4.78, 5) is 33.6. The summed E-state index contributed by atoms with van der Waals surface area (Å²) in [5.41, 5.74) is 1.95. The van der Waals surface area contributed by atoms with Crippen LogP contribution in [0.3, 0.4) is 0 Å². The van der Waals surface area contributed by atoms with E-state index < -0.39 is 24.1 Å². The Morgan fingerprint density at radius 1 is 1.18 bits per heavy atom. The average molecular weight is 613 g/mol. The lowest BCUT2D eigenvalue weighted by Gasteiger charge is -2.20. The quantitative estimate of drug-likeness (QED) is 0.124. The summed E-state index contributed by atoms with van der Waals surface area (Å²) < 4.78 is 43.5. The molecule has 4 aromatic rings. The van der Waals surface area contributed by atoms with Gasteiger partial charge < -0.3 is 15.2 Å². The van der Waals surface area contributed by atoms with E-state index in [1.54, 1.807) is 26.1 Å². The predicted molar refractivity (Wildman–Crippen MR) is 148 cm³/mol. The second kappa shape index (κ2) is 11.6. The first-order valence-corrected chi connectivity index (χ1v) is 13.3. The van der Waals surface area contributed by atoms with Crippen molar-refractivity contribution in [3.63, 3.8) is 0 Å². The normalized spacial score (nSPS) is 12.4. The fourth-order valence-electron chi connectivity index (χ4n) is 4.01. The van der Waals surface area contributed by atoms with Gasteiger partial charge in [-0.1, -0.05) is 47.1 Å². The number of halogens is 5. The molecule has 0 unspecified atom stereocenters. The number of carboxylic acids is 1. The minimum Gasteiger partial charge on any atom is -0.476 e. The largest absolute Gasteiger partial charge is 0.573 e. The van der Waals surface area contributed by atoms with E-state index in [1.165, 1.54) is 28.8 Å². The van der Waals surface area contributed by atoms with E-state index in [0.29, 0.717) is 27.2 Å². The third kappa shape index (κ3) is 6.62. The van der Waals surface area contributed by atoms with Gasteiger partial charge in [0.2, 0.25) is 0 Å². The van der Waals surface area contributed by atoms with Crippen LogP contribution in [-0.2, 0) is 12.8 Å². The zero-order valence-electron chi connectivity index (χ0n) is 21.1. The molecule has 2 N–H and O–H groups in total. The van der Waals surface area contributed by atoms with Gasteiger partial charge in [0.05, 0.1) is 27.7 Å². The van der Waals surface area contributed by atoms with E-state index in [1.807, 2.05) is 13.0 Å². The number of aryl methyl sites for hydroxylation is 1. The molecule has 2 aromatic heterocycles. The van der Waals surface area contributed by atoms with E-state index in [2.05, 4.69) is 15.0 Å². The van der Waals surface area contributed by atoms with Gasteiger partial charge in [-0.2, -0.15) is 0 Å². The lowest BCUT2D eigenvalue weighted by atomic mass is 10.0. The van der Waals surface area contributed by atoms with Crippen molar-refractivity contribution in [1.29, 1.82) is 0 Å². The maximum atomic E-state index is 13.3. The summed E-state index contributed by atoms with van der Waals surface area (Å²) in [5, 5.41) is 13.2. The van der Waals surface area contributed by atoms with E-state index in [0.717, 1.165) is 17.3 Å². The van der Waals surface area contributed by atoms with E-state index in [9.17, 15) is 27.9 Å². The summed E-state index contributed by atoms with van der Waals surface area (Å²) in [6, 6.07) is 10.1. The molecule has 0 amide bonds. The first-order valence-electron chi connectivity index (χ1n) is 11.6. The topological polar surface area (TPSA) is 106 Å². The van der Waals surface area contributed by atoms with Crippen LogP contribution in [-0.4, -0.2) is 32.0 Å². The second-order valence-corrected chi connectivity index (χ2v) is 10.5. The Morgan fingerprint density at radius 3 is 2.58 bits per heavy atom. The van der Waals surface area contributed by atoms with Crippen molar-refractivity contribution in [2.45, 2.75) is 37.2 Å². The molecule has 2 heterocycles. The Morgan fingerprint density at radius 2 is 1.90 bits per heavy atom. The van der Waals surface area contributed by atoms with Crippen molar-refractivity contribution in [3.05, 3.63) is 85.4 Å². The molecule has 4 rings (SSSR count). The number of carboxylic acid groups (broad SMARTS) is 1. The molecule has 1 atom stereocenters. The molecule has 0 bridgehead atoms. The molecule has 0 aliphatic carbocycles. The lowest BCUT2D eigenvalue weighted by Crippen LogP contribution is -2.22. The van der Waals surface area contributed by atoms with Gasteiger partial charge in [0.15, 0.2) is 10.9 Å². The fraction of sp³-hybridized carbons (Fsp3) is 0.231. The summed E-state index contributed by atoms with van der Waals surface area (Å²) in [5.74, 6) is -1.62. The number of rotatable bonds is 8.